The summed E-state index contributed by atoms with van der Waals surface area (Å²) in [7, 11) is 0. The van der Waals surface area contributed by atoms with E-state index < -0.39 is 17.1 Å². The Morgan fingerprint density at radius 1 is 1.29 bits per heavy atom. The molecule has 0 aromatic heterocycles. The predicted molar refractivity (Wildman–Crippen MR) is 92.4 cm³/mol. The van der Waals surface area contributed by atoms with Crippen molar-refractivity contribution in [3.8, 4) is 5.75 Å². The second-order valence-corrected chi connectivity index (χ2v) is 6.25. The van der Waals surface area contributed by atoms with Gasteiger partial charge in [0, 0.05) is 5.56 Å². The van der Waals surface area contributed by atoms with Crippen molar-refractivity contribution < 1.29 is 19.8 Å². The van der Waals surface area contributed by atoms with E-state index in [0.29, 0.717) is 5.56 Å². The van der Waals surface area contributed by atoms with Gasteiger partial charge in [0.05, 0.1) is 12.6 Å². The first-order valence-corrected chi connectivity index (χ1v) is 7.93. The first kappa shape index (κ1) is 16.0. The first-order chi connectivity index (χ1) is 11.5. The third kappa shape index (κ3) is 3.38. The maximum Gasteiger partial charge on any atom is 0.305 e. The van der Waals surface area contributed by atoms with Gasteiger partial charge >= 0.3 is 5.97 Å². The topological polar surface area (TPSA) is 111 Å². The van der Waals surface area contributed by atoms with Gasteiger partial charge in [-0.25, -0.2) is 0 Å². The number of aliphatic carboxylic acids is 1. The molecule has 3 rings (SSSR count). The number of benzene rings is 2. The minimum absolute atomic E-state index is 0.0736. The highest BCUT2D eigenvalue weighted by molar-refractivity contribution is 8.15. The van der Waals surface area contributed by atoms with Gasteiger partial charge < -0.3 is 15.5 Å². The lowest BCUT2D eigenvalue weighted by Crippen LogP contribution is -2.26. The summed E-state index contributed by atoms with van der Waals surface area (Å²) in [5.74, 6) is -1.37. The van der Waals surface area contributed by atoms with Gasteiger partial charge in [-0.15, -0.1) is 5.10 Å². The summed E-state index contributed by atoms with van der Waals surface area (Å²) in [6.07, 6.45) is 1.13. The van der Waals surface area contributed by atoms with Gasteiger partial charge in [-0.3, -0.25) is 9.59 Å². The Morgan fingerprint density at radius 2 is 2.08 bits per heavy atom. The number of carboxylic acid groups (broad SMARTS) is 1. The van der Waals surface area contributed by atoms with Crippen LogP contribution in [0.15, 0.2) is 46.6 Å². The van der Waals surface area contributed by atoms with Crippen molar-refractivity contribution in [2.45, 2.75) is 11.7 Å². The van der Waals surface area contributed by atoms with Gasteiger partial charge in [0.25, 0.3) is 0 Å². The quantitative estimate of drug-likeness (QED) is 0.580. The molecule has 7 nitrogen and oxygen atoms in total. The predicted octanol–water partition coefficient (Wildman–Crippen LogP) is 1.94. The van der Waals surface area contributed by atoms with Crippen LogP contribution in [-0.2, 0) is 9.59 Å². The van der Waals surface area contributed by atoms with Gasteiger partial charge in [-0.2, -0.15) is 5.10 Å². The zero-order valence-electron chi connectivity index (χ0n) is 12.3. The number of nitrogens with one attached hydrogen (secondary N) is 1. The summed E-state index contributed by atoms with van der Waals surface area (Å²) >= 11 is 1.02. The van der Waals surface area contributed by atoms with E-state index in [4.69, 9.17) is 5.11 Å². The molecule has 8 heteroatoms. The van der Waals surface area contributed by atoms with Crippen molar-refractivity contribution in [2.24, 2.45) is 10.2 Å². The van der Waals surface area contributed by atoms with Crippen LogP contribution in [0.2, 0.25) is 0 Å². The first-order valence-electron chi connectivity index (χ1n) is 7.05. The Bertz CT molecular complexity index is 879. The highest BCUT2D eigenvalue weighted by Crippen LogP contribution is 2.26. The minimum Gasteiger partial charge on any atom is -0.507 e. The number of rotatable bonds is 4. The van der Waals surface area contributed by atoms with Crippen molar-refractivity contribution >= 4 is 45.8 Å². The van der Waals surface area contributed by atoms with Crippen LogP contribution >= 0.6 is 11.8 Å². The lowest BCUT2D eigenvalue weighted by Gasteiger charge is -2.03. The molecule has 24 heavy (non-hydrogen) atoms. The fraction of sp³-hybridized carbons (Fsp3) is 0.125. The molecule has 0 spiro atoms. The molecule has 0 bridgehead atoms. The number of hydrogen-bond donors (Lipinski definition) is 3. The van der Waals surface area contributed by atoms with Crippen LogP contribution in [0.3, 0.4) is 0 Å². The number of carbonyl (C=O) groups is 2. The van der Waals surface area contributed by atoms with Crippen LogP contribution in [-0.4, -0.2) is 38.7 Å². The van der Waals surface area contributed by atoms with Crippen molar-refractivity contribution in [1.82, 2.24) is 5.32 Å². The monoisotopic (exact) mass is 343 g/mol. The molecule has 122 valence electrons. The highest BCUT2D eigenvalue weighted by Gasteiger charge is 2.32. The molecule has 1 fully saturated rings. The van der Waals surface area contributed by atoms with E-state index in [1.54, 1.807) is 12.1 Å². The highest BCUT2D eigenvalue weighted by atomic mass is 32.2. The van der Waals surface area contributed by atoms with Gasteiger partial charge in [0.15, 0.2) is 5.17 Å². The fourth-order valence-corrected chi connectivity index (χ4v) is 3.22. The Balaban J connectivity index is 1.81. The zero-order valence-corrected chi connectivity index (χ0v) is 13.2. The number of amides is 1. The van der Waals surface area contributed by atoms with Crippen molar-refractivity contribution in [1.29, 1.82) is 0 Å². The van der Waals surface area contributed by atoms with E-state index in [1.807, 2.05) is 24.3 Å². The maximum absolute atomic E-state index is 11.6. The lowest BCUT2D eigenvalue weighted by atomic mass is 10.0. The van der Waals surface area contributed by atoms with E-state index in [9.17, 15) is 14.7 Å². The minimum atomic E-state index is -1.05. The number of nitrogens with zero attached hydrogens (tertiary/aromatic N) is 2. The summed E-state index contributed by atoms with van der Waals surface area (Å²) in [5.41, 5.74) is 0.522. The van der Waals surface area contributed by atoms with Gasteiger partial charge in [-0.05, 0) is 16.8 Å². The molecule has 1 amide bonds. The van der Waals surface area contributed by atoms with Crippen molar-refractivity contribution in [2.75, 3.05) is 0 Å². The molecule has 1 saturated heterocycles. The van der Waals surface area contributed by atoms with Crippen LogP contribution in [0, 0.1) is 0 Å². The third-order valence-electron chi connectivity index (χ3n) is 3.42. The number of phenolic OH excluding ortho intramolecular Hbond substituents is 1. The number of phenols is 1. The van der Waals surface area contributed by atoms with E-state index >= 15 is 0 Å². The standard InChI is InChI=1S/C16H13N3O4S/c20-12-6-5-9-3-1-2-4-10(9)11(12)8-17-19-16-18-15(23)13(24-16)7-14(21)22/h1-6,8,13,20H,7H2,(H,21,22)(H,18,19,23). The molecule has 1 heterocycles. The Hall–Kier alpha value is -2.87. The average Bonchev–Trinajstić information content (AvgIpc) is 2.88. The number of carboxylic acids is 1. The number of thioether (sulfide) groups is 1. The molecule has 1 aliphatic rings. The number of amidine groups is 1. The smallest absolute Gasteiger partial charge is 0.305 e. The molecule has 2 aromatic carbocycles. The van der Waals surface area contributed by atoms with Crippen LogP contribution in [0.4, 0.5) is 0 Å². The Labute approximate surface area is 141 Å². The average molecular weight is 343 g/mol. The molecule has 1 aliphatic heterocycles. The van der Waals surface area contributed by atoms with Crippen LogP contribution in [0.5, 0.6) is 5.75 Å². The van der Waals surface area contributed by atoms with Gasteiger partial charge in [-0.1, -0.05) is 42.1 Å². The fourth-order valence-electron chi connectivity index (χ4n) is 2.30. The molecule has 0 saturated carbocycles. The lowest BCUT2D eigenvalue weighted by molar-refractivity contribution is -0.138. The van der Waals surface area contributed by atoms with Gasteiger partial charge in [0.2, 0.25) is 5.91 Å². The normalized spacial score (nSPS) is 19.2. The van der Waals surface area contributed by atoms with Crippen molar-refractivity contribution in [3.05, 3.63) is 42.0 Å². The van der Waals surface area contributed by atoms with E-state index in [0.717, 1.165) is 22.5 Å². The molecule has 2 aromatic rings. The number of hydrogen-bond acceptors (Lipinski definition) is 6. The van der Waals surface area contributed by atoms with Crippen LogP contribution in [0.25, 0.3) is 10.8 Å². The summed E-state index contributed by atoms with van der Waals surface area (Å²) in [6, 6.07) is 10.9. The molecular weight excluding hydrogens is 330 g/mol. The molecule has 1 atom stereocenters. The number of aromatic hydroxyl groups is 1. The second kappa shape index (κ2) is 6.71. The third-order valence-corrected chi connectivity index (χ3v) is 4.49. The van der Waals surface area contributed by atoms with E-state index in [1.165, 1.54) is 6.21 Å². The maximum atomic E-state index is 11.6. The van der Waals surface area contributed by atoms with Crippen molar-refractivity contribution in [3.63, 3.8) is 0 Å². The molecule has 1 unspecified atom stereocenters. The second-order valence-electron chi connectivity index (χ2n) is 5.06. The van der Waals surface area contributed by atoms with Crippen LogP contribution < -0.4 is 5.32 Å². The molecule has 0 radical (unpaired) electrons. The van der Waals surface area contributed by atoms with E-state index in [-0.39, 0.29) is 17.3 Å². The number of fused-ring (bicyclic) bond motifs is 1. The van der Waals surface area contributed by atoms with E-state index in [2.05, 4.69) is 15.5 Å². The summed E-state index contributed by atoms with van der Waals surface area (Å²) in [6.45, 7) is 0. The summed E-state index contributed by atoms with van der Waals surface area (Å²) in [5, 5.41) is 30.3. The van der Waals surface area contributed by atoms with Crippen LogP contribution in [0.1, 0.15) is 12.0 Å². The Kier molecular flexibility index (Phi) is 4.48. The molecular formula is C16H13N3O4S. The number of carbonyl (C=O) groups excluding carboxylic acids is 1. The Morgan fingerprint density at radius 3 is 2.88 bits per heavy atom. The molecule has 3 N–H and O–H groups in total. The summed E-state index contributed by atoms with van der Waals surface area (Å²) < 4.78 is 0. The summed E-state index contributed by atoms with van der Waals surface area (Å²) in [4.78, 5) is 22.3. The largest absolute Gasteiger partial charge is 0.507 e. The van der Waals surface area contributed by atoms with Gasteiger partial charge in [0.1, 0.15) is 11.0 Å². The molecule has 0 aliphatic carbocycles. The zero-order chi connectivity index (χ0) is 17.1. The SMILES string of the molecule is O=C(O)CC1SC(=NN=Cc2c(O)ccc3ccccc23)NC1=O.